The third kappa shape index (κ3) is 1.70. The van der Waals surface area contributed by atoms with Crippen molar-refractivity contribution in [3.63, 3.8) is 0 Å². The van der Waals surface area contributed by atoms with Crippen LogP contribution in [0.25, 0.3) is 0 Å². The Bertz CT molecular complexity index is 217. The van der Waals surface area contributed by atoms with Gasteiger partial charge in [0.25, 0.3) is 0 Å². The Morgan fingerprint density at radius 2 is 2.23 bits per heavy atom. The predicted octanol–water partition coefficient (Wildman–Crippen LogP) is 0.509. The highest BCUT2D eigenvalue weighted by atomic mass is 16.2. The number of carbonyl (C=O) groups is 1. The highest BCUT2D eigenvalue weighted by Gasteiger charge is 2.48. The van der Waals surface area contributed by atoms with Crippen molar-refractivity contribution in [2.75, 3.05) is 7.05 Å². The summed E-state index contributed by atoms with van der Waals surface area (Å²) in [4.78, 5) is 11.2. The minimum absolute atomic E-state index is 0.0330. The zero-order valence-corrected chi connectivity index (χ0v) is 8.34. The van der Waals surface area contributed by atoms with Gasteiger partial charge < -0.3 is 10.6 Å². The molecule has 0 saturated heterocycles. The zero-order valence-electron chi connectivity index (χ0n) is 8.34. The molecule has 74 valence electrons. The maximum atomic E-state index is 11.2. The van der Waals surface area contributed by atoms with E-state index >= 15 is 0 Å². The van der Waals surface area contributed by atoms with E-state index < -0.39 is 0 Å². The molecule has 2 N–H and O–H groups in total. The summed E-state index contributed by atoms with van der Waals surface area (Å²) >= 11 is 0. The summed E-state index contributed by atoms with van der Waals surface area (Å²) in [5, 5.41) is 6.07. The van der Waals surface area contributed by atoms with Crippen LogP contribution < -0.4 is 10.6 Å². The zero-order chi connectivity index (χ0) is 9.42. The van der Waals surface area contributed by atoms with Gasteiger partial charge in [0.15, 0.2) is 0 Å². The molecule has 0 spiro atoms. The molecule has 0 bridgehead atoms. The molecule has 3 heteroatoms. The van der Waals surface area contributed by atoms with Gasteiger partial charge in [0.1, 0.15) is 0 Å². The molecule has 0 aliphatic heterocycles. The lowest BCUT2D eigenvalue weighted by atomic mass is 10.1. The van der Waals surface area contributed by atoms with E-state index in [4.69, 9.17) is 0 Å². The van der Waals surface area contributed by atoms with Crippen LogP contribution in [0.15, 0.2) is 0 Å². The molecule has 2 fully saturated rings. The van der Waals surface area contributed by atoms with Crippen LogP contribution in [0.2, 0.25) is 0 Å². The van der Waals surface area contributed by atoms with Gasteiger partial charge in [0, 0.05) is 13.1 Å². The summed E-state index contributed by atoms with van der Waals surface area (Å²) in [5.41, 5.74) is 0. The lowest BCUT2D eigenvalue weighted by Crippen LogP contribution is -2.45. The smallest absolute Gasteiger partial charge is 0.236 e. The van der Waals surface area contributed by atoms with Crippen LogP contribution in [0.1, 0.15) is 26.2 Å². The summed E-state index contributed by atoms with van der Waals surface area (Å²) in [5.74, 6) is 1.96. The predicted molar refractivity (Wildman–Crippen MR) is 51.3 cm³/mol. The molecule has 2 rings (SSSR count). The van der Waals surface area contributed by atoms with E-state index in [2.05, 4.69) is 10.6 Å². The second-order valence-electron chi connectivity index (χ2n) is 4.35. The highest BCUT2D eigenvalue weighted by Crippen LogP contribution is 2.51. The number of likely N-dealkylation sites (N-methyl/N-ethyl adjacent to an activating group) is 1. The summed E-state index contributed by atoms with van der Waals surface area (Å²) < 4.78 is 0. The molecule has 3 nitrogen and oxygen atoms in total. The molecule has 0 heterocycles. The molecule has 13 heavy (non-hydrogen) atoms. The van der Waals surface area contributed by atoms with E-state index in [9.17, 15) is 4.79 Å². The van der Waals surface area contributed by atoms with E-state index in [0.29, 0.717) is 6.04 Å². The number of rotatable bonds is 3. The second-order valence-corrected chi connectivity index (χ2v) is 4.35. The average Bonchev–Trinajstić information content (AvgIpc) is 2.82. The summed E-state index contributed by atoms with van der Waals surface area (Å²) in [6.45, 7) is 1.94. The van der Waals surface area contributed by atoms with Crippen molar-refractivity contribution in [2.24, 2.45) is 11.8 Å². The maximum Gasteiger partial charge on any atom is 0.236 e. The van der Waals surface area contributed by atoms with E-state index in [1.807, 2.05) is 6.92 Å². The molecule has 2 aliphatic rings. The van der Waals surface area contributed by atoms with Crippen molar-refractivity contribution in [1.29, 1.82) is 0 Å². The Kier molecular flexibility index (Phi) is 2.28. The molecule has 0 radical (unpaired) electrons. The number of hydrogen-bond acceptors (Lipinski definition) is 2. The van der Waals surface area contributed by atoms with E-state index in [1.165, 1.54) is 19.3 Å². The van der Waals surface area contributed by atoms with E-state index in [-0.39, 0.29) is 11.9 Å². The topological polar surface area (TPSA) is 41.1 Å². The van der Waals surface area contributed by atoms with Crippen molar-refractivity contribution >= 4 is 5.91 Å². The molecular formula is C10H18N2O. The Morgan fingerprint density at radius 3 is 2.69 bits per heavy atom. The highest BCUT2D eigenvalue weighted by molar-refractivity contribution is 5.80. The van der Waals surface area contributed by atoms with Crippen molar-refractivity contribution in [1.82, 2.24) is 10.6 Å². The molecule has 2 aliphatic carbocycles. The van der Waals surface area contributed by atoms with Crippen LogP contribution in [-0.2, 0) is 4.79 Å². The first kappa shape index (κ1) is 9.00. The van der Waals surface area contributed by atoms with E-state index in [1.54, 1.807) is 7.05 Å². The number of nitrogens with one attached hydrogen (secondary N) is 2. The second kappa shape index (κ2) is 3.29. The standard InChI is InChI=1S/C10H18N2O/c1-6(10(13)11-2)12-9-4-3-7-5-8(7)9/h6-9,12H,3-5H2,1-2H3,(H,11,13). The van der Waals surface area contributed by atoms with Crippen molar-refractivity contribution in [3.05, 3.63) is 0 Å². The first-order valence-electron chi connectivity index (χ1n) is 5.20. The number of fused-ring (bicyclic) bond motifs is 1. The van der Waals surface area contributed by atoms with Gasteiger partial charge in [-0.2, -0.15) is 0 Å². The summed E-state index contributed by atoms with van der Waals surface area (Å²) in [7, 11) is 1.69. The normalized spacial score (nSPS) is 38.2. The van der Waals surface area contributed by atoms with Crippen LogP contribution in [0.4, 0.5) is 0 Å². The molecule has 4 atom stereocenters. The molecular weight excluding hydrogens is 164 g/mol. The van der Waals surface area contributed by atoms with Crippen LogP contribution in [0.5, 0.6) is 0 Å². The first-order valence-corrected chi connectivity index (χ1v) is 5.20. The molecule has 0 aromatic rings. The van der Waals surface area contributed by atoms with Crippen LogP contribution >= 0.6 is 0 Å². The Hall–Kier alpha value is -0.570. The molecule has 0 aromatic carbocycles. The van der Waals surface area contributed by atoms with Gasteiger partial charge in [-0.3, -0.25) is 4.79 Å². The molecule has 4 unspecified atom stereocenters. The lowest BCUT2D eigenvalue weighted by Gasteiger charge is -2.19. The van der Waals surface area contributed by atoms with Crippen molar-refractivity contribution in [3.8, 4) is 0 Å². The fraction of sp³-hybridized carbons (Fsp3) is 0.900. The van der Waals surface area contributed by atoms with Gasteiger partial charge in [-0.05, 0) is 38.0 Å². The minimum atomic E-state index is -0.0330. The quantitative estimate of drug-likeness (QED) is 0.667. The fourth-order valence-electron chi connectivity index (χ4n) is 2.52. The summed E-state index contributed by atoms with van der Waals surface area (Å²) in [6.07, 6.45) is 4.01. The molecule has 1 amide bonds. The lowest BCUT2D eigenvalue weighted by molar-refractivity contribution is -0.122. The summed E-state index contributed by atoms with van der Waals surface area (Å²) in [6, 6.07) is 0.576. The molecule has 0 aromatic heterocycles. The van der Waals surface area contributed by atoms with Crippen LogP contribution in [0.3, 0.4) is 0 Å². The SMILES string of the molecule is CNC(=O)C(C)NC1CCC2CC21. The Balaban J connectivity index is 1.80. The molecule has 2 saturated carbocycles. The Morgan fingerprint density at radius 1 is 1.46 bits per heavy atom. The Labute approximate surface area is 79.3 Å². The van der Waals surface area contributed by atoms with Gasteiger partial charge in [-0.15, -0.1) is 0 Å². The number of amides is 1. The van der Waals surface area contributed by atoms with E-state index in [0.717, 1.165) is 11.8 Å². The first-order chi connectivity index (χ1) is 6.22. The van der Waals surface area contributed by atoms with Gasteiger partial charge in [0.2, 0.25) is 5.91 Å². The van der Waals surface area contributed by atoms with Gasteiger partial charge >= 0.3 is 0 Å². The van der Waals surface area contributed by atoms with Crippen molar-refractivity contribution in [2.45, 2.75) is 38.3 Å². The third-order valence-corrected chi connectivity index (χ3v) is 3.45. The van der Waals surface area contributed by atoms with Gasteiger partial charge in [0.05, 0.1) is 6.04 Å². The van der Waals surface area contributed by atoms with Crippen LogP contribution in [0, 0.1) is 11.8 Å². The monoisotopic (exact) mass is 182 g/mol. The van der Waals surface area contributed by atoms with Gasteiger partial charge in [-0.25, -0.2) is 0 Å². The maximum absolute atomic E-state index is 11.2. The average molecular weight is 182 g/mol. The van der Waals surface area contributed by atoms with Gasteiger partial charge in [-0.1, -0.05) is 0 Å². The minimum Gasteiger partial charge on any atom is -0.358 e. The largest absolute Gasteiger partial charge is 0.358 e. The number of hydrogen-bond donors (Lipinski definition) is 2. The van der Waals surface area contributed by atoms with Crippen LogP contribution in [-0.4, -0.2) is 25.0 Å². The van der Waals surface area contributed by atoms with Crippen molar-refractivity contribution < 1.29 is 4.79 Å². The number of carbonyl (C=O) groups excluding carboxylic acids is 1. The fourth-order valence-corrected chi connectivity index (χ4v) is 2.52. The third-order valence-electron chi connectivity index (χ3n) is 3.45.